The summed E-state index contributed by atoms with van der Waals surface area (Å²) in [5.41, 5.74) is 35.5. The average Bonchev–Trinajstić information content (AvgIpc) is 1.62. The van der Waals surface area contributed by atoms with Crippen LogP contribution in [0.3, 0.4) is 0 Å². The molecule has 0 atom stereocenters. The van der Waals surface area contributed by atoms with Gasteiger partial charge in [-0.1, -0.05) is 322 Å². The van der Waals surface area contributed by atoms with Crippen LogP contribution in [-0.4, -0.2) is 0 Å². The first kappa shape index (κ1) is 84.6. The first-order chi connectivity index (χ1) is 72.7. The molecule has 0 radical (unpaired) electrons. The van der Waals surface area contributed by atoms with Gasteiger partial charge in [0.1, 0.15) is 55.8 Å². The summed E-state index contributed by atoms with van der Waals surface area (Å²) < 4.78 is 41.5. The van der Waals surface area contributed by atoms with Gasteiger partial charge in [-0.15, -0.1) is 45.3 Å². The molecule has 0 saturated carbocycles. The molecule has 0 aliphatic heterocycles. The molecule has 32 rings (SSSR count). The molecule has 5 nitrogen and oxygen atoms in total. The molecule has 9 heterocycles. The van der Waals surface area contributed by atoms with Crippen LogP contribution in [-0.2, 0) is 0 Å². The first-order valence-electron chi connectivity index (χ1n) is 49.6. The lowest BCUT2D eigenvalue weighted by Gasteiger charge is -2.08. The lowest BCUT2D eigenvalue weighted by Crippen LogP contribution is -1.82. The standard InChI is InChI=1S/C48H28O3.C48H28S3.C42H24O2S/c1-3-7-43-37(5-1)39-25-33(17-21-45(39)49-43)29-9-13-31(14-10-29)35-19-23-47-41(27-35)42-28-36(20-24-48(42)51-47)32-15-11-30(12-16-32)34-18-22-46-40(26-34)38-6-2-4-8-44(38)50-46;1-3-12-42-37(7-1)38-11-5-10-36(48(38)51-42)32-21-17-30(18-22-32)34-24-26-45-41(28-34)40-27-33(23-25-44(40)49-45)29-15-19-31(20-16-29)35-9-6-14-46-47(35)39-8-2-4-13-43(39)50-46;1-3-7-37-31(5-1)32-17-13-30(24-40(32)44-37)29-15-19-39-35(22-29)34-21-27(14-18-38(34)43-39)25-9-11-26(12-10-25)28-16-20-42-36(23-28)33-6-2-4-8-41(33)45-42/h2*1-28H;1-24H. The number of fused-ring (bicyclic) bond motifs is 27. The van der Waals surface area contributed by atoms with Crippen molar-refractivity contribution in [2.75, 3.05) is 0 Å². The van der Waals surface area contributed by atoms with Crippen LogP contribution in [0, 0.1) is 0 Å². The molecule has 0 fully saturated rings. The van der Waals surface area contributed by atoms with Crippen LogP contribution in [0.2, 0.25) is 0 Å². The van der Waals surface area contributed by atoms with Gasteiger partial charge in [0, 0.05) is 135 Å². The van der Waals surface area contributed by atoms with Crippen LogP contribution >= 0.6 is 45.3 Å². The highest BCUT2D eigenvalue weighted by Gasteiger charge is 2.22. The molecule has 0 unspecified atom stereocenters. The second kappa shape index (κ2) is 34.4. The van der Waals surface area contributed by atoms with Gasteiger partial charge >= 0.3 is 0 Å². The number of benzene rings is 23. The predicted molar refractivity (Wildman–Crippen MR) is 627 cm³/mol. The molecule has 0 N–H and O–H groups in total. The molecule has 0 aliphatic rings. The number of rotatable bonds is 11. The van der Waals surface area contributed by atoms with E-state index in [9.17, 15) is 0 Å². The van der Waals surface area contributed by atoms with Crippen LogP contribution in [0.5, 0.6) is 0 Å². The molecule has 0 saturated heterocycles. The van der Waals surface area contributed by atoms with Gasteiger partial charge in [0.2, 0.25) is 0 Å². The van der Waals surface area contributed by atoms with Crippen molar-refractivity contribution in [3.63, 3.8) is 0 Å². The van der Waals surface area contributed by atoms with E-state index in [4.69, 9.17) is 22.1 Å². The Morgan fingerprint density at radius 2 is 0.327 bits per heavy atom. The van der Waals surface area contributed by atoms with Gasteiger partial charge in [0.05, 0.1) is 0 Å². The fourth-order valence-corrected chi connectivity index (χ4v) is 26.8. The fourth-order valence-electron chi connectivity index (χ4n) is 22.3. The molecule has 23 aromatic carbocycles. The van der Waals surface area contributed by atoms with Crippen LogP contribution in [0.15, 0.2) is 507 Å². The van der Waals surface area contributed by atoms with Crippen LogP contribution in [0.1, 0.15) is 0 Å². The normalized spacial score (nSPS) is 11.9. The van der Waals surface area contributed by atoms with Crippen LogP contribution < -0.4 is 0 Å². The summed E-state index contributed by atoms with van der Waals surface area (Å²) in [6.45, 7) is 0. The highest BCUT2D eigenvalue weighted by Crippen LogP contribution is 2.49. The zero-order valence-electron chi connectivity index (χ0n) is 78.9. The van der Waals surface area contributed by atoms with E-state index in [1.165, 1.54) is 170 Å². The molecule has 9 heteroatoms. The van der Waals surface area contributed by atoms with Gasteiger partial charge in [-0.3, -0.25) is 0 Å². The van der Waals surface area contributed by atoms with Gasteiger partial charge in [0.15, 0.2) is 0 Å². The minimum Gasteiger partial charge on any atom is -0.456 e. The Morgan fingerprint density at radius 3 is 0.728 bits per heavy atom. The average molecular weight is 1950 g/mol. The number of thiophene rings is 4. The fraction of sp³-hybridized carbons (Fsp3) is 0. The van der Waals surface area contributed by atoms with E-state index in [1.807, 2.05) is 81.7 Å². The van der Waals surface area contributed by atoms with Crippen molar-refractivity contribution in [3.05, 3.63) is 485 Å². The van der Waals surface area contributed by atoms with Gasteiger partial charge in [-0.25, -0.2) is 0 Å². The number of hydrogen-bond donors (Lipinski definition) is 0. The third kappa shape index (κ3) is 14.7. The maximum Gasteiger partial charge on any atom is 0.136 e. The minimum atomic E-state index is 0.890. The predicted octanol–water partition coefficient (Wildman–Crippen LogP) is 42.4. The highest BCUT2D eigenvalue weighted by atomic mass is 32.1. The summed E-state index contributed by atoms with van der Waals surface area (Å²) in [5.74, 6) is 0. The van der Waals surface area contributed by atoms with E-state index in [1.54, 1.807) is 0 Å². The van der Waals surface area contributed by atoms with Crippen molar-refractivity contribution >= 4 is 236 Å². The molecule has 9 aromatic heterocycles. The van der Waals surface area contributed by atoms with E-state index in [-0.39, 0.29) is 0 Å². The second-order valence-electron chi connectivity index (χ2n) is 38.3. The Balaban J connectivity index is 0.000000102. The summed E-state index contributed by atoms with van der Waals surface area (Å²) in [4.78, 5) is 0. The molecule has 0 amide bonds. The van der Waals surface area contributed by atoms with Crippen molar-refractivity contribution in [1.82, 2.24) is 0 Å². The first-order valence-corrected chi connectivity index (χ1v) is 52.9. The Kier molecular flexibility index (Phi) is 19.8. The minimum absolute atomic E-state index is 0.890. The van der Waals surface area contributed by atoms with Gasteiger partial charge in [-0.05, 0) is 286 Å². The number of hydrogen-bond acceptors (Lipinski definition) is 9. The van der Waals surface area contributed by atoms with Gasteiger partial charge in [-0.2, -0.15) is 0 Å². The lowest BCUT2D eigenvalue weighted by atomic mass is 9.96. The molecular weight excluding hydrogens is 1870 g/mol. The maximum absolute atomic E-state index is 6.29. The summed E-state index contributed by atoms with van der Waals surface area (Å²) in [6.07, 6.45) is 0. The Bertz CT molecular complexity index is 10700. The van der Waals surface area contributed by atoms with E-state index in [0.717, 1.165) is 143 Å². The van der Waals surface area contributed by atoms with Crippen molar-refractivity contribution in [1.29, 1.82) is 0 Å². The maximum atomic E-state index is 6.29. The van der Waals surface area contributed by atoms with Crippen molar-refractivity contribution in [3.8, 4) is 122 Å². The zero-order valence-corrected chi connectivity index (χ0v) is 82.1. The smallest absolute Gasteiger partial charge is 0.136 e. The molecular formula is C138H80O5S4. The summed E-state index contributed by atoms with van der Waals surface area (Å²) in [7, 11) is 0. The van der Waals surface area contributed by atoms with Crippen molar-refractivity contribution in [2.45, 2.75) is 0 Å². The molecule has 686 valence electrons. The molecule has 0 aliphatic carbocycles. The van der Waals surface area contributed by atoms with Crippen LogP contribution in [0.25, 0.3) is 313 Å². The SMILES string of the molecule is c1ccc2c(c1)oc1cc(-c3ccc4oc5ccc(-c6ccc(-c7ccc8sc9ccccc9c8c7)cc6)cc5c4c3)ccc12.c1ccc2c(c1)oc1ccc(-c3ccc(-c4ccc5oc6ccc(-c7ccc(-c8ccc9oc%10ccccc%10c9c8)cc7)cc6c5c4)cc3)cc12.c1ccc2c(c1)sc1c(-c3ccc(-c4ccc5sc6ccc(-c7ccc(-c8cccc9sc%10ccccc%10c89)cc7)cc6c5c4)cc3)cccc12. The van der Waals surface area contributed by atoms with E-state index in [2.05, 4.69) is 449 Å². The van der Waals surface area contributed by atoms with E-state index >= 15 is 0 Å². The molecule has 0 bridgehead atoms. The van der Waals surface area contributed by atoms with E-state index < -0.39 is 0 Å². The summed E-state index contributed by atoms with van der Waals surface area (Å²) >= 11 is 7.50. The Hall–Kier alpha value is -18.1. The van der Waals surface area contributed by atoms with Gasteiger partial charge in [0.25, 0.3) is 0 Å². The zero-order chi connectivity index (χ0) is 96.4. The summed E-state index contributed by atoms with van der Waals surface area (Å²) in [6, 6.07) is 175. The Labute approximate surface area is 858 Å². The molecule has 0 spiro atoms. The topological polar surface area (TPSA) is 65.7 Å². The number of furan rings is 5. The molecule has 147 heavy (non-hydrogen) atoms. The van der Waals surface area contributed by atoms with Crippen LogP contribution in [0.4, 0.5) is 0 Å². The quantitative estimate of drug-likeness (QED) is 0.129. The number of para-hydroxylation sites is 3. The highest BCUT2D eigenvalue weighted by molar-refractivity contribution is 7.27. The van der Waals surface area contributed by atoms with E-state index in [0.29, 0.717) is 0 Å². The summed E-state index contributed by atoms with van der Waals surface area (Å²) in [5, 5.41) is 22.0. The second-order valence-corrected chi connectivity index (χ2v) is 42.6. The van der Waals surface area contributed by atoms with Gasteiger partial charge < -0.3 is 22.1 Å². The third-order valence-corrected chi connectivity index (χ3v) is 34.4. The molecule has 32 aromatic rings. The monoisotopic (exact) mass is 1940 g/mol. The third-order valence-electron chi connectivity index (χ3n) is 29.8. The van der Waals surface area contributed by atoms with Crippen molar-refractivity contribution in [2.24, 2.45) is 0 Å². The Morgan fingerprint density at radius 1 is 0.109 bits per heavy atom. The largest absolute Gasteiger partial charge is 0.456 e. The van der Waals surface area contributed by atoms with Crippen molar-refractivity contribution < 1.29 is 22.1 Å². The lowest BCUT2D eigenvalue weighted by molar-refractivity contribution is 0.668.